The van der Waals surface area contributed by atoms with Crippen LogP contribution < -0.4 is 20.8 Å². The van der Waals surface area contributed by atoms with E-state index in [4.69, 9.17) is 4.74 Å². The van der Waals surface area contributed by atoms with E-state index in [1.54, 1.807) is 24.4 Å². The number of aromatic nitrogens is 2. The number of ether oxygens (including phenoxy) is 1. The van der Waals surface area contributed by atoms with Gasteiger partial charge in [-0.1, -0.05) is 48.5 Å². The van der Waals surface area contributed by atoms with Gasteiger partial charge in [-0.2, -0.15) is 5.10 Å². The summed E-state index contributed by atoms with van der Waals surface area (Å²) >= 11 is 0. The summed E-state index contributed by atoms with van der Waals surface area (Å²) in [5, 5.41) is 16.7. The number of methoxy groups -OCH3 is 1. The molecule has 0 spiro atoms. The van der Waals surface area contributed by atoms with Crippen molar-refractivity contribution in [1.29, 1.82) is 0 Å². The number of benzene rings is 2. The molecule has 2 aliphatic heterocycles. The third kappa shape index (κ3) is 4.36. The van der Waals surface area contributed by atoms with Crippen LogP contribution in [0.2, 0.25) is 0 Å². The molecule has 0 saturated carbocycles. The van der Waals surface area contributed by atoms with Crippen LogP contribution in [0.5, 0.6) is 5.75 Å². The largest absolute Gasteiger partial charge is 0.497 e. The molecule has 0 fully saturated rings. The van der Waals surface area contributed by atoms with Gasteiger partial charge in [0.05, 0.1) is 18.7 Å². The van der Waals surface area contributed by atoms with Crippen molar-refractivity contribution in [1.82, 2.24) is 25.9 Å². The van der Waals surface area contributed by atoms with Crippen molar-refractivity contribution in [2.75, 3.05) is 12.4 Å². The highest BCUT2D eigenvalue weighted by Gasteiger charge is 2.42. The van der Waals surface area contributed by atoms with E-state index in [9.17, 15) is 4.79 Å². The number of allylic oxidation sites excluding steroid dienone is 1. The minimum absolute atomic E-state index is 0.148. The van der Waals surface area contributed by atoms with Gasteiger partial charge in [0.15, 0.2) is 5.82 Å². The second kappa shape index (κ2) is 9.91. The van der Waals surface area contributed by atoms with E-state index in [1.807, 2.05) is 48.5 Å². The monoisotopic (exact) mass is 492 g/mol. The number of fused-ring (bicyclic) bond motifs is 1. The standard InChI is InChI=1S/C29H28N6O2/c1-37-22-16-14-20(15-17-22)25-27(31-23-13-8-18-30-33-23)32-28-24(19-9-4-2-5-10-19)26(34-35(28)29(25)36)21-11-6-3-7-12-21/h3,6-9,11-18,26,32,34H,2,4-5,10H2,1H3,(H,31,33). The van der Waals surface area contributed by atoms with Crippen LogP contribution in [0.25, 0.3) is 5.57 Å². The summed E-state index contributed by atoms with van der Waals surface area (Å²) in [4.78, 5) is 14.2. The molecule has 37 heavy (non-hydrogen) atoms. The maximum Gasteiger partial charge on any atom is 0.278 e. The van der Waals surface area contributed by atoms with Crippen LogP contribution in [0.15, 0.2) is 102 Å². The van der Waals surface area contributed by atoms with Crippen LogP contribution in [-0.4, -0.2) is 28.2 Å². The summed E-state index contributed by atoms with van der Waals surface area (Å²) in [7, 11) is 1.62. The minimum atomic E-state index is -0.155. The normalized spacial score (nSPS) is 19.4. The van der Waals surface area contributed by atoms with E-state index in [1.165, 1.54) is 12.0 Å². The number of amides is 1. The number of rotatable bonds is 6. The van der Waals surface area contributed by atoms with Crippen LogP contribution >= 0.6 is 0 Å². The van der Waals surface area contributed by atoms with Gasteiger partial charge < -0.3 is 15.4 Å². The van der Waals surface area contributed by atoms with Gasteiger partial charge in [-0.25, -0.2) is 10.4 Å². The maximum atomic E-state index is 14.2. The lowest BCUT2D eigenvalue weighted by Gasteiger charge is -2.31. The molecular weight excluding hydrogens is 464 g/mol. The fraction of sp³-hybridized carbons (Fsp3) is 0.207. The molecule has 8 heteroatoms. The minimum Gasteiger partial charge on any atom is -0.497 e. The second-order valence-corrected chi connectivity index (χ2v) is 9.19. The smallest absolute Gasteiger partial charge is 0.278 e. The van der Waals surface area contributed by atoms with Crippen molar-refractivity contribution in [3.8, 4) is 5.75 Å². The predicted octanol–water partition coefficient (Wildman–Crippen LogP) is 4.67. The van der Waals surface area contributed by atoms with Crippen LogP contribution in [0.1, 0.15) is 42.9 Å². The first-order chi connectivity index (χ1) is 18.2. The average molecular weight is 493 g/mol. The van der Waals surface area contributed by atoms with Crippen LogP contribution in [0.3, 0.4) is 0 Å². The van der Waals surface area contributed by atoms with Gasteiger partial charge in [0.1, 0.15) is 17.4 Å². The number of hydrogen-bond acceptors (Lipinski definition) is 7. The van der Waals surface area contributed by atoms with E-state index in [0.29, 0.717) is 17.2 Å². The third-order valence-electron chi connectivity index (χ3n) is 6.91. The number of hydrogen-bond donors (Lipinski definition) is 3. The summed E-state index contributed by atoms with van der Waals surface area (Å²) in [5.74, 6) is 2.42. The molecule has 2 aromatic carbocycles. The fourth-order valence-corrected chi connectivity index (χ4v) is 5.12. The van der Waals surface area contributed by atoms with Crippen molar-refractivity contribution >= 4 is 17.3 Å². The summed E-state index contributed by atoms with van der Waals surface area (Å²) in [6, 6.07) is 21.2. The zero-order chi connectivity index (χ0) is 25.2. The first-order valence-electron chi connectivity index (χ1n) is 12.5. The van der Waals surface area contributed by atoms with E-state index < -0.39 is 0 Å². The lowest BCUT2D eigenvalue weighted by Crippen LogP contribution is -2.47. The molecule has 186 valence electrons. The lowest BCUT2D eigenvalue weighted by molar-refractivity contribution is -0.126. The Morgan fingerprint density at radius 2 is 1.86 bits per heavy atom. The first kappa shape index (κ1) is 23.0. The topological polar surface area (TPSA) is 91.4 Å². The summed E-state index contributed by atoms with van der Waals surface area (Å²) in [6.45, 7) is 0. The molecule has 6 rings (SSSR count). The number of nitrogens with one attached hydrogen (secondary N) is 3. The van der Waals surface area contributed by atoms with Crippen molar-refractivity contribution < 1.29 is 9.53 Å². The Labute approximate surface area is 215 Å². The van der Waals surface area contributed by atoms with E-state index in [2.05, 4.69) is 44.5 Å². The first-order valence-corrected chi connectivity index (χ1v) is 12.5. The maximum absolute atomic E-state index is 14.2. The molecule has 3 heterocycles. The summed E-state index contributed by atoms with van der Waals surface area (Å²) in [5.41, 5.74) is 8.24. The third-order valence-corrected chi connectivity index (χ3v) is 6.91. The predicted molar refractivity (Wildman–Crippen MR) is 141 cm³/mol. The zero-order valence-corrected chi connectivity index (χ0v) is 20.6. The molecule has 0 radical (unpaired) electrons. The van der Waals surface area contributed by atoms with Gasteiger partial charge in [-0.15, -0.1) is 5.10 Å². The van der Waals surface area contributed by atoms with Crippen LogP contribution in [-0.2, 0) is 4.79 Å². The highest BCUT2D eigenvalue weighted by atomic mass is 16.5. The van der Waals surface area contributed by atoms with Gasteiger partial charge in [0.25, 0.3) is 5.91 Å². The Bertz CT molecular complexity index is 1400. The molecular formula is C29H28N6O2. The Balaban J connectivity index is 1.49. The Hall–Kier alpha value is -4.43. The molecule has 8 nitrogen and oxygen atoms in total. The van der Waals surface area contributed by atoms with Gasteiger partial charge in [0.2, 0.25) is 0 Å². The van der Waals surface area contributed by atoms with Crippen molar-refractivity contribution in [2.45, 2.75) is 31.7 Å². The van der Waals surface area contributed by atoms with Crippen molar-refractivity contribution in [3.05, 3.63) is 113 Å². The fourth-order valence-electron chi connectivity index (χ4n) is 5.12. The average Bonchev–Trinajstić information content (AvgIpc) is 3.35. The Morgan fingerprint density at radius 3 is 2.57 bits per heavy atom. The van der Waals surface area contributed by atoms with E-state index >= 15 is 0 Å². The Morgan fingerprint density at radius 1 is 1.03 bits per heavy atom. The highest BCUT2D eigenvalue weighted by molar-refractivity contribution is 6.22. The molecule has 3 aliphatic rings. The molecule has 1 aromatic heterocycles. The number of hydrazine groups is 1. The SMILES string of the molecule is COc1ccc(C2=C(Nc3cccnn3)NC3=C(C4=CCCCC4)C(c4ccccc4)NN3C2=O)cc1. The lowest BCUT2D eigenvalue weighted by atomic mass is 9.87. The molecule has 1 aliphatic carbocycles. The molecule has 3 aromatic rings. The van der Waals surface area contributed by atoms with E-state index in [0.717, 1.165) is 47.5 Å². The molecule has 0 saturated heterocycles. The van der Waals surface area contributed by atoms with Gasteiger partial charge >= 0.3 is 0 Å². The van der Waals surface area contributed by atoms with Crippen molar-refractivity contribution in [2.24, 2.45) is 0 Å². The molecule has 3 N–H and O–H groups in total. The molecule has 0 bridgehead atoms. The van der Waals surface area contributed by atoms with Gasteiger partial charge in [0, 0.05) is 11.8 Å². The highest BCUT2D eigenvalue weighted by Crippen LogP contribution is 2.42. The molecule has 1 amide bonds. The number of carbonyl (C=O) groups is 1. The summed E-state index contributed by atoms with van der Waals surface area (Å²) in [6.07, 6.45) is 8.28. The Kier molecular flexibility index (Phi) is 6.16. The van der Waals surface area contributed by atoms with Gasteiger partial charge in [-0.3, -0.25) is 4.79 Å². The number of anilines is 1. The van der Waals surface area contributed by atoms with Crippen LogP contribution in [0, 0.1) is 0 Å². The quantitative estimate of drug-likeness (QED) is 0.461. The second-order valence-electron chi connectivity index (χ2n) is 9.19. The molecule has 1 atom stereocenters. The number of nitrogens with zero attached hydrogens (tertiary/aromatic N) is 3. The van der Waals surface area contributed by atoms with Crippen LogP contribution in [0.4, 0.5) is 5.82 Å². The summed E-state index contributed by atoms with van der Waals surface area (Å²) < 4.78 is 5.33. The zero-order valence-electron chi connectivity index (χ0n) is 20.6. The van der Waals surface area contributed by atoms with E-state index in [-0.39, 0.29) is 11.9 Å². The van der Waals surface area contributed by atoms with Gasteiger partial charge in [-0.05, 0) is 66.6 Å². The molecule has 1 unspecified atom stereocenters. The number of carbonyl (C=O) groups excluding carboxylic acids is 1. The van der Waals surface area contributed by atoms with Crippen molar-refractivity contribution in [3.63, 3.8) is 0 Å².